The van der Waals surface area contributed by atoms with Crippen LogP contribution in [0.2, 0.25) is 0 Å². The summed E-state index contributed by atoms with van der Waals surface area (Å²) in [6.07, 6.45) is 9.41. The van der Waals surface area contributed by atoms with Gasteiger partial charge in [0.15, 0.2) is 0 Å². The fraction of sp³-hybridized carbons (Fsp3) is 0.941. The molecule has 2 fully saturated rings. The minimum absolute atomic E-state index is 0.189. The molecule has 3 nitrogen and oxygen atoms in total. The van der Waals surface area contributed by atoms with E-state index < -0.39 is 0 Å². The fourth-order valence-electron chi connectivity index (χ4n) is 4.03. The lowest BCUT2D eigenvalue weighted by Crippen LogP contribution is -2.46. The molecule has 1 amide bonds. The lowest BCUT2D eigenvalue weighted by Gasteiger charge is -2.41. The van der Waals surface area contributed by atoms with Crippen molar-refractivity contribution in [3.05, 3.63) is 0 Å². The van der Waals surface area contributed by atoms with E-state index in [0.717, 1.165) is 25.7 Å². The molecule has 0 heterocycles. The van der Waals surface area contributed by atoms with E-state index in [4.69, 9.17) is 5.73 Å². The highest BCUT2D eigenvalue weighted by Gasteiger charge is 2.36. The Morgan fingerprint density at radius 2 is 1.75 bits per heavy atom. The van der Waals surface area contributed by atoms with Crippen LogP contribution in [0, 0.1) is 17.3 Å². The van der Waals surface area contributed by atoms with Crippen LogP contribution >= 0.6 is 0 Å². The van der Waals surface area contributed by atoms with Gasteiger partial charge < -0.3 is 10.6 Å². The summed E-state index contributed by atoms with van der Waals surface area (Å²) in [5.41, 5.74) is 6.34. The standard InChI is InChI=1S/C17H32N2O/c1-17(2)10-8-14(9-11-17)19(3)16(20)15-7-5-4-6-13(15)12-18/h13-15H,4-12,18H2,1-3H3. The average molecular weight is 280 g/mol. The van der Waals surface area contributed by atoms with Crippen LogP contribution in [-0.4, -0.2) is 30.4 Å². The van der Waals surface area contributed by atoms with Gasteiger partial charge >= 0.3 is 0 Å². The van der Waals surface area contributed by atoms with Gasteiger partial charge in [0.05, 0.1) is 0 Å². The van der Waals surface area contributed by atoms with Crippen molar-refractivity contribution in [2.75, 3.05) is 13.6 Å². The van der Waals surface area contributed by atoms with Gasteiger partial charge in [-0.25, -0.2) is 0 Å². The quantitative estimate of drug-likeness (QED) is 0.863. The third kappa shape index (κ3) is 3.55. The summed E-state index contributed by atoms with van der Waals surface area (Å²) in [6.45, 7) is 5.36. The summed E-state index contributed by atoms with van der Waals surface area (Å²) in [5, 5.41) is 0. The van der Waals surface area contributed by atoms with E-state index in [1.807, 2.05) is 7.05 Å². The van der Waals surface area contributed by atoms with Gasteiger partial charge in [0.2, 0.25) is 5.91 Å². The molecular weight excluding hydrogens is 248 g/mol. The van der Waals surface area contributed by atoms with Crippen molar-refractivity contribution < 1.29 is 4.79 Å². The Morgan fingerprint density at radius 3 is 2.35 bits per heavy atom. The molecule has 20 heavy (non-hydrogen) atoms. The van der Waals surface area contributed by atoms with E-state index in [9.17, 15) is 4.79 Å². The van der Waals surface area contributed by atoms with Crippen molar-refractivity contribution in [1.29, 1.82) is 0 Å². The van der Waals surface area contributed by atoms with Crippen molar-refractivity contribution in [1.82, 2.24) is 4.90 Å². The first-order valence-corrected chi connectivity index (χ1v) is 8.41. The molecule has 0 bridgehead atoms. The predicted molar refractivity (Wildman–Crippen MR) is 83.3 cm³/mol. The molecule has 0 aliphatic heterocycles. The molecule has 0 radical (unpaired) electrons. The van der Waals surface area contributed by atoms with Crippen molar-refractivity contribution in [3.63, 3.8) is 0 Å². The second-order valence-corrected chi connectivity index (χ2v) is 7.73. The Kier molecular flexibility index (Phi) is 5.11. The summed E-state index contributed by atoms with van der Waals surface area (Å²) in [6, 6.07) is 0.455. The Bertz CT molecular complexity index is 330. The van der Waals surface area contributed by atoms with Gasteiger partial charge in [-0.05, 0) is 56.4 Å². The minimum atomic E-state index is 0.189. The molecule has 2 atom stereocenters. The molecule has 0 aromatic rings. The maximum Gasteiger partial charge on any atom is 0.225 e. The van der Waals surface area contributed by atoms with Crippen LogP contribution in [0.4, 0.5) is 0 Å². The molecule has 2 aliphatic rings. The molecular formula is C17H32N2O. The van der Waals surface area contributed by atoms with Crippen molar-refractivity contribution in [2.45, 2.75) is 71.3 Å². The summed E-state index contributed by atoms with van der Waals surface area (Å²) in [4.78, 5) is 14.9. The highest BCUT2D eigenvalue weighted by atomic mass is 16.2. The third-order valence-corrected chi connectivity index (χ3v) is 5.73. The molecule has 2 unspecified atom stereocenters. The first kappa shape index (κ1) is 15.8. The van der Waals surface area contributed by atoms with Gasteiger partial charge in [-0.2, -0.15) is 0 Å². The van der Waals surface area contributed by atoms with Crippen LogP contribution in [0.5, 0.6) is 0 Å². The molecule has 2 saturated carbocycles. The first-order valence-electron chi connectivity index (χ1n) is 8.41. The SMILES string of the molecule is CN(C(=O)C1CCCCC1CN)C1CCC(C)(C)CC1. The van der Waals surface area contributed by atoms with Gasteiger partial charge in [0, 0.05) is 19.0 Å². The summed E-state index contributed by atoms with van der Waals surface area (Å²) < 4.78 is 0. The number of carbonyl (C=O) groups is 1. The van der Waals surface area contributed by atoms with E-state index in [1.54, 1.807) is 0 Å². The van der Waals surface area contributed by atoms with Crippen molar-refractivity contribution >= 4 is 5.91 Å². The Balaban J connectivity index is 1.94. The summed E-state index contributed by atoms with van der Waals surface area (Å²) >= 11 is 0. The molecule has 0 spiro atoms. The highest BCUT2D eigenvalue weighted by molar-refractivity contribution is 5.79. The lowest BCUT2D eigenvalue weighted by atomic mass is 9.74. The lowest BCUT2D eigenvalue weighted by molar-refractivity contribution is -0.140. The molecule has 2 rings (SSSR count). The van der Waals surface area contributed by atoms with Crippen LogP contribution in [0.3, 0.4) is 0 Å². The Morgan fingerprint density at radius 1 is 1.15 bits per heavy atom. The monoisotopic (exact) mass is 280 g/mol. The topological polar surface area (TPSA) is 46.3 Å². The number of nitrogens with two attached hydrogens (primary N) is 1. The van der Waals surface area contributed by atoms with Gasteiger partial charge in [-0.1, -0.05) is 26.7 Å². The molecule has 2 aliphatic carbocycles. The van der Waals surface area contributed by atoms with E-state index in [-0.39, 0.29) is 5.92 Å². The molecule has 3 heteroatoms. The zero-order valence-electron chi connectivity index (χ0n) is 13.5. The van der Waals surface area contributed by atoms with Gasteiger partial charge in [0.25, 0.3) is 0 Å². The molecule has 2 N–H and O–H groups in total. The number of amides is 1. The summed E-state index contributed by atoms with van der Waals surface area (Å²) in [5.74, 6) is 0.970. The second kappa shape index (κ2) is 6.46. The number of rotatable bonds is 3. The largest absolute Gasteiger partial charge is 0.343 e. The number of hydrogen-bond donors (Lipinski definition) is 1. The average Bonchev–Trinajstić information content (AvgIpc) is 2.45. The predicted octanol–water partition coefficient (Wildman–Crippen LogP) is 3.18. The maximum absolute atomic E-state index is 12.8. The van der Waals surface area contributed by atoms with Gasteiger partial charge in [0.1, 0.15) is 0 Å². The van der Waals surface area contributed by atoms with Crippen LogP contribution in [-0.2, 0) is 4.79 Å². The van der Waals surface area contributed by atoms with Gasteiger partial charge in [-0.15, -0.1) is 0 Å². The van der Waals surface area contributed by atoms with E-state index in [1.165, 1.54) is 25.7 Å². The molecule has 0 aromatic carbocycles. The first-order chi connectivity index (χ1) is 9.44. The van der Waals surface area contributed by atoms with E-state index in [0.29, 0.717) is 29.8 Å². The number of carbonyl (C=O) groups excluding carboxylic acids is 1. The molecule has 0 saturated heterocycles. The van der Waals surface area contributed by atoms with Gasteiger partial charge in [-0.3, -0.25) is 4.79 Å². The van der Waals surface area contributed by atoms with Crippen molar-refractivity contribution in [2.24, 2.45) is 23.0 Å². The van der Waals surface area contributed by atoms with Crippen LogP contribution < -0.4 is 5.73 Å². The Hall–Kier alpha value is -0.570. The van der Waals surface area contributed by atoms with Crippen LogP contribution in [0.25, 0.3) is 0 Å². The molecule has 116 valence electrons. The molecule has 0 aromatic heterocycles. The summed E-state index contributed by atoms with van der Waals surface area (Å²) in [7, 11) is 2.02. The Labute approximate surface area is 124 Å². The normalized spacial score (nSPS) is 31.0. The van der Waals surface area contributed by atoms with E-state index in [2.05, 4.69) is 18.7 Å². The number of nitrogens with zero attached hydrogens (tertiary/aromatic N) is 1. The smallest absolute Gasteiger partial charge is 0.225 e. The number of hydrogen-bond acceptors (Lipinski definition) is 2. The second-order valence-electron chi connectivity index (χ2n) is 7.73. The van der Waals surface area contributed by atoms with Crippen molar-refractivity contribution in [3.8, 4) is 0 Å². The van der Waals surface area contributed by atoms with E-state index >= 15 is 0 Å². The minimum Gasteiger partial charge on any atom is -0.343 e. The fourth-order valence-corrected chi connectivity index (χ4v) is 4.03. The maximum atomic E-state index is 12.8. The highest BCUT2D eigenvalue weighted by Crippen LogP contribution is 2.38. The third-order valence-electron chi connectivity index (χ3n) is 5.73. The zero-order chi connectivity index (χ0) is 14.8. The zero-order valence-corrected chi connectivity index (χ0v) is 13.5. The van der Waals surface area contributed by atoms with Crippen LogP contribution in [0.1, 0.15) is 65.2 Å². The van der Waals surface area contributed by atoms with Crippen LogP contribution in [0.15, 0.2) is 0 Å².